The van der Waals surface area contributed by atoms with Gasteiger partial charge in [0.1, 0.15) is 0 Å². The average Bonchev–Trinajstić information content (AvgIpc) is 2.09. The van der Waals surface area contributed by atoms with E-state index in [1.807, 2.05) is 20.8 Å². The average molecular weight is 360 g/mol. The summed E-state index contributed by atoms with van der Waals surface area (Å²) >= 11 is 14.8. The molecule has 0 radical (unpaired) electrons. The molecule has 0 aromatic carbocycles. The van der Waals surface area contributed by atoms with Crippen LogP contribution in [0.15, 0.2) is 0 Å². The van der Waals surface area contributed by atoms with Crippen molar-refractivity contribution in [2.75, 3.05) is 23.8 Å². The summed E-state index contributed by atoms with van der Waals surface area (Å²) in [5.41, 5.74) is 5.15. The molecule has 0 rings (SSSR count). The van der Waals surface area contributed by atoms with Crippen LogP contribution in [0.3, 0.4) is 0 Å². The summed E-state index contributed by atoms with van der Waals surface area (Å²) in [7, 11) is 0. The van der Waals surface area contributed by atoms with E-state index in [2.05, 4.69) is 37.9 Å². The van der Waals surface area contributed by atoms with Crippen LogP contribution in [0, 0.1) is 0 Å². The van der Waals surface area contributed by atoms with Crippen LogP contribution in [-0.4, -0.2) is 46.3 Å². The van der Waals surface area contributed by atoms with Crippen molar-refractivity contribution in [3.63, 3.8) is 0 Å². The molecule has 0 spiro atoms. The predicted octanol–water partition coefficient (Wildman–Crippen LogP) is 1.58. The summed E-state index contributed by atoms with van der Waals surface area (Å²) in [6, 6.07) is 0. The van der Waals surface area contributed by atoms with Crippen molar-refractivity contribution in [3.8, 4) is 0 Å². The fourth-order valence-electron chi connectivity index (χ4n) is 0.102. The Kier molecular flexibility index (Phi) is 82.2. The summed E-state index contributed by atoms with van der Waals surface area (Å²) in [6.45, 7) is 6.69. The van der Waals surface area contributed by atoms with Crippen LogP contribution in [-0.2, 0) is 37.9 Å². The van der Waals surface area contributed by atoms with Crippen LogP contribution < -0.4 is 5.73 Å². The van der Waals surface area contributed by atoms with Gasteiger partial charge in [0.25, 0.3) is 0 Å². The fraction of sp³-hybridized carbons (Fsp3) is 1.00. The Morgan fingerprint density at radius 2 is 1.14 bits per heavy atom. The van der Waals surface area contributed by atoms with E-state index in [9.17, 15) is 0 Å². The van der Waals surface area contributed by atoms with E-state index >= 15 is 0 Å². The molecule has 0 unspecified atom stereocenters. The molecule has 0 saturated heterocycles. The van der Waals surface area contributed by atoms with Crippen LogP contribution >= 0.6 is 0 Å². The van der Waals surface area contributed by atoms with Crippen LogP contribution in [0.5, 0.6) is 0 Å². The Morgan fingerprint density at radius 3 is 1.14 bits per heavy atom. The van der Waals surface area contributed by atoms with E-state index in [1.54, 1.807) is 22.5 Å². The van der Waals surface area contributed by atoms with E-state index < -0.39 is 0 Å². The van der Waals surface area contributed by atoms with Crippen molar-refractivity contribution in [2.24, 2.45) is 5.73 Å². The summed E-state index contributed by atoms with van der Waals surface area (Å²) in [4.78, 5) is 0. The molecule has 14 heavy (non-hydrogen) atoms. The van der Waals surface area contributed by atoms with Gasteiger partial charge in [0, 0.05) is 0 Å². The number of nitrogens with two attached hydrogens (primary N) is 1. The molecular formula is C9H23NS3Sn. The third-order valence-corrected chi connectivity index (χ3v) is 1.39. The molecule has 0 aliphatic rings. The number of hydrogen-bond donors (Lipinski definition) is 1. The Morgan fingerprint density at radius 1 is 0.929 bits per heavy atom. The van der Waals surface area contributed by atoms with Crippen molar-refractivity contribution in [1.29, 1.82) is 0 Å². The molecule has 0 saturated carbocycles. The van der Waals surface area contributed by atoms with Gasteiger partial charge < -0.3 is 37.9 Å². The molecule has 0 atom stereocenters. The Labute approximate surface area is 121 Å². The molecule has 2 N–H and O–H groups in total. The molecule has 0 aromatic rings. The quantitative estimate of drug-likeness (QED) is 0.598. The van der Waals surface area contributed by atoms with E-state index in [4.69, 9.17) is 5.73 Å². The monoisotopic (exact) mass is 361 g/mol. The summed E-state index contributed by atoms with van der Waals surface area (Å²) < 4.78 is 1.31. The van der Waals surface area contributed by atoms with Gasteiger partial charge in [-0.3, -0.25) is 0 Å². The summed E-state index contributed by atoms with van der Waals surface area (Å²) in [5.74, 6) is 2.50. The zero-order valence-electron chi connectivity index (χ0n) is 9.54. The van der Waals surface area contributed by atoms with Gasteiger partial charge in [-0.1, -0.05) is 20.8 Å². The fourth-order valence-corrected chi connectivity index (χ4v) is 0.685. The third-order valence-electron chi connectivity index (χ3n) is 0.381. The molecule has 0 amide bonds. The summed E-state index contributed by atoms with van der Waals surface area (Å²) in [5, 5.41) is 0. The van der Waals surface area contributed by atoms with Gasteiger partial charge in [-0.2, -0.15) is 17.3 Å². The third kappa shape index (κ3) is 156. The maximum absolute atomic E-state index is 5.15. The second kappa shape index (κ2) is 46.3. The minimum absolute atomic E-state index is 0.833. The second-order valence-electron chi connectivity index (χ2n) is 1.76. The van der Waals surface area contributed by atoms with Gasteiger partial charge in [0.2, 0.25) is 0 Å². The SMILES string of the molecule is CC[S-].CC[S-].CC[S-].NCC[CH2][Sn+3]. The number of hydrogen-bond acceptors (Lipinski definition) is 4. The van der Waals surface area contributed by atoms with Gasteiger partial charge in [0.05, 0.1) is 0 Å². The maximum atomic E-state index is 5.15. The topological polar surface area (TPSA) is 26.0 Å². The van der Waals surface area contributed by atoms with E-state index in [0.29, 0.717) is 0 Å². The van der Waals surface area contributed by atoms with Crippen molar-refractivity contribution in [1.82, 2.24) is 0 Å². The van der Waals surface area contributed by atoms with Gasteiger partial charge in [-0.05, 0) is 0 Å². The molecule has 0 bridgehead atoms. The standard InChI is InChI=1S/C3H8N.3C2H6S.Sn/c1-2-3-4;3*1-2-3;/h1-4H2;3*3H,2H2,1H3;/q;;;;+3/p-3. The molecule has 0 fully saturated rings. The molecule has 0 aliphatic heterocycles. The molecule has 0 aliphatic carbocycles. The molecular weight excluding hydrogens is 337 g/mol. The van der Waals surface area contributed by atoms with Crippen LogP contribution in [0.2, 0.25) is 4.44 Å². The first-order chi connectivity index (χ1) is 6.66. The first-order valence-corrected chi connectivity index (χ1v) is 8.50. The van der Waals surface area contributed by atoms with Gasteiger partial charge in [-0.15, -0.1) is 0 Å². The van der Waals surface area contributed by atoms with E-state index in [1.165, 1.54) is 10.9 Å². The van der Waals surface area contributed by atoms with Crippen molar-refractivity contribution in [2.45, 2.75) is 31.6 Å². The van der Waals surface area contributed by atoms with Crippen molar-refractivity contribution < 1.29 is 0 Å². The Bertz CT molecular complexity index is 44.3. The minimum atomic E-state index is 0.833. The molecule has 86 valence electrons. The van der Waals surface area contributed by atoms with E-state index in [0.717, 1.165) is 23.8 Å². The zero-order valence-corrected chi connectivity index (χ0v) is 14.8. The van der Waals surface area contributed by atoms with Gasteiger partial charge in [-0.25, -0.2) is 0 Å². The molecule has 1 nitrogen and oxygen atoms in total. The predicted molar refractivity (Wildman–Crippen MR) is 78.0 cm³/mol. The zero-order chi connectivity index (χ0) is 12.2. The van der Waals surface area contributed by atoms with Gasteiger partial charge >= 0.3 is 45.7 Å². The van der Waals surface area contributed by atoms with Gasteiger partial charge in [0.15, 0.2) is 0 Å². The Balaban J connectivity index is -0.0000000495. The van der Waals surface area contributed by atoms with Crippen molar-refractivity contribution in [3.05, 3.63) is 0 Å². The normalized spacial score (nSPS) is 6.93. The summed E-state index contributed by atoms with van der Waals surface area (Å²) in [6.07, 6.45) is 1.21. The first kappa shape index (κ1) is 24.9. The second-order valence-corrected chi connectivity index (χ2v) is 4.92. The van der Waals surface area contributed by atoms with Crippen LogP contribution in [0.25, 0.3) is 0 Å². The van der Waals surface area contributed by atoms with Crippen LogP contribution in [0.4, 0.5) is 0 Å². The molecule has 0 aromatic heterocycles. The van der Waals surface area contributed by atoms with Crippen molar-refractivity contribution >= 4 is 60.4 Å². The molecule has 0 heterocycles. The molecule has 5 heteroatoms. The Hall–Kier alpha value is 1.81. The van der Waals surface area contributed by atoms with Crippen LogP contribution in [0.1, 0.15) is 27.2 Å². The first-order valence-electron chi connectivity index (χ1n) is 4.75. The number of rotatable bonds is 2. The van der Waals surface area contributed by atoms with E-state index in [-0.39, 0.29) is 0 Å².